The molecule has 3 aromatic rings. The summed E-state index contributed by atoms with van der Waals surface area (Å²) >= 11 is 0. The molecule has 0 saturated carbocycles. The van der Waals surface area contributed by atoms with Gasteiger partial charge in [0.25, 0.3) is 0 Å². The van der Waals surface area contributed by atoms with Crippen molar-refractivity contribution in [2.24, 2.45) is 0 Å². The van der Waals surface area contributed by atoms with Gasteiger partial charge < -0.3 is 4.57 Å². The minimum Gasteiger partial charge on any atom is -0.326 e. The van der Waals surface area contributed by atoms with Crippen LogP contribution in [0.5, 0.6) is 0 Å². The van der Waals surface area contributed by atoms with Crippen LogP contribution in [0.4, 0.5) is 13.2 Å². The van der Waals surface area contributed by atoms with Crippen LogP contribution in [-0.4, -0.2) is 9.55 Å². The minimum atomic E-state index is -4.31. The van der Waals surface area contributed by atoms with Gasteiger partial charge >= 0.3 is 6.18 Å². The minimum absolute atomic E-state index is 0.366. The fourth-order valence-electron chi connectivity index (χ4n) is 2.18. The number of nitrogens with zero attached hydrogens (tertiary/aromatic N) is 2. The zero-order chi connectivity index (χ0) is 14.2. The summed E-state index contributed by atoms with van der Waals surface area (Å²) in [5.41, 5.74) is 1.71. The largest absolute Gasteiger partial charge is 0.416 e. The van der Waals surface area contributed by atoms with Gasteiger partial charge in [-0.05, 0) is 29.8 Å². The lowest BCUT2D eigenvalue weighted by Crippen LogP contribution is -2.06. The molecule has 2 aromatic carbocycles. The summed E-state index contributed by atoms with van der Waals surface area (Å²) in [5.74, 6) is 0. The number of alkyl halides is 3. The first kappa shape index (κ1) is 12.7. The Morgan fingerprint density at radius 1 is 1.00 bits per heavy atom. The summed E-state index contributed by atoms with van der Waals surface area (Å²) in [4.78, 5) is 4.23. The van der Waals surface area contributed by atoms with Crippen molar-refractivity contribution in [2.75, 3.05) is 0 Å². The lowest BCUT2D eigenvalue weighted by molar-refractivity contribution is -0.137. The SMILES string of the molecule is FC(F)(F)c1cccc(Cn2cnc3ccccc32)c1. The van der Waals surface area contributed by atoms with E-state index in [-0.39, 0.29) is 0 Å². The van der Waals surface area contributed by atoms with Crippen LogP contribution in [-0.2, 0) is 12.7 Å². The highest BCUT2D eigenvalue weighted by Gasteiger charge is 2.30. The summed E-state index contributed by atoms with van der Waals surface area (Å²) in [6.45, 7) is 0.366. The maximum atomic E-state index is 12.7. The molecule has 0 spiro atoms. The maximum Gasteiger partial charge on any atom is 0.416 e. The van der Waals surface area contributed by atoms with E-state index in [1.807, 2.05) is 28.8 Å². The maximum absolute atomic E-state index is 12.7. The molecule has 0 bridgehead atoms. The van der Waals surface area contributed by atoms with Gasteiger partial charge in [0.1, 0.15) is 0 Å². The lowest BCUT2D eigenvalue weighted by atomic mass is 10.1. The molecule has 1 heterocycles. The second-order valence-electron chi connectivity index (χ2n) is 4.56. The normalized spacial score (nSPS) is 11.9. The summed E-state index contributed by atoms with van der Waals surface area (Å²) in [6, 6.07) is 12.9. The average Bonchev–Trinajstić information content (AvgIpc) is 2.82. The first-order chi connectivity index (χ1) is 9.54. The predicted molar refractivity (Wildman–Crippen MR) is 70.3 cm³/mol. The number of halogens is 3. The van der Waals surface area contributed by atoms with E-state index in [0.717, 1.165) is 17.1 Å². The molecule has 0 aliphatic rings. The standard InChI is InChI=1S/C15H11F3N2/c16-15(17,18)12-5-3-4-11(8-12)9-20-10-19-13-6-1-2-7-14(13)20/h1-8,10H,9H2. The van der Waals surface area contributed by atoms with Crippen molar-refractivity contribution in [3.05, 3.63) is 66.0 Å². The first-order valence-electron chi connectivity index (χ1n) is 6.10. The molecule has 0 unspecified atom stereocenters. The molecule has 5 heteroatoms. The molecular formula is C15H11F3N2. The third kappa shape index (κ3) is 2.39. The van der Waals surface area contributed by atoms with Crippen molar-refractivity contribution in [3.63, 3.8) is 0 Å². The van der Waals surface area contributed by atoms with Crippen LogP contribution in [0.25, 0.3) is 11.0 Å². The Balaban J connectivity index is 1.95. The third-order valence-corrected chi connectivity index (χ3v) is 3.13. The molecule has 1 aromatic heterocycles. The van der Waals surface area contributed by atoms with E-state index in [4.69, 9.17) is 0 Å². The zero-order valence-corrected chi connectivity index (χ0v) is 10.4. The van der Waals surface area contributed by atoms with Crippen LogP contribution in [0.2, 0.25) is 0 Å². The van der Waals surface area contributed by atoms with Gasteiger partial charge in [0, 0.05) is 6.54 Å². The Morgan fingerprint density at radius 2 is 1.80 bits per heavy atom. The van der Waals surface area contributed by atoms with E-state index < -0.39 is 11.7 Å². The average molecular weight is 276 g/mol. The zero-order valence-electron chi connectivity index (χ0n) is 10.4. The topological polar surface area (TPSA) is 17.8 Å². The van der Waals surface area contributed by atoms with Gasteiger partial charge in [-0.1, -0.05) is 24.3 Å². The van der Waals surface area contributed by atoms with Gasteiger partial charge in [-0.2, -0.15) is 13.2 Å². The molecule has 2 nitrogen and oxygen atoms in total. The van der Waals surface area contributed by atoms with E-state index in [0.29, 0.717) is 12.1 Å². The summed E-state index contributed by atoms with van der Waals surface area (Å²) in [6.07, 6.45) is -2.67. The van der Waals surface area contributed by atoms with Crippen molar-refractivity contribution in [1.82, 2.24) is 9.55 Å². The third-order valence-electron chi connectivity index (χ3n) is 3.13. The van der Waals surface area contributed by atoms with Gasteiger partial charge in [0.2, 0.25) is 0 Å². The van der Waals surface area contributed by atoms with E-state index >= 15 is 0 Å². The number of para-hydroxylation sites is 2. The highest BCUT2D eigenvalue weighted by molar-refractivity contribution is 5.75. The summed E-state index contributed by atoms with van der Waals surface area (Å²) < 4.78 is 39.9. The number of hydrogen-bond donors (Lipinski definition) is 0. The smallest absolute Gasteiger partial charge is 0.326 e. The van der Waals surface area contributed by atoms with E-state index in [9.17, 15) is 13.2 Å². The second kappa shape index (κ2) is 4.67. The fraction of sp³-hybridized carbons (Fsp3) is 0.133. The number of benzene rings is 2. The van der Waals surface area contributed by atoms with E-state index in [1.54, 1.807) is 12.4 Å². The Hall–Kier alpha value is -2.30. The lowest BCUT2D eigenvalue weighted by Gasteiger charge is -2.09. The Morgan fingerprint density at radius 3 is 2.60 bits per heavy atom. The van der Waals surface area contributed by atoms with Crippen LogP contribution in [0.3, 0.4) is 0 Å². The molecule has 0 amide bonds. The number of fused-ring (bicyclic) bond motifs is 1. The van der Waals surface area contributed by atoms with Crippen LogP contribution >= 0.6 is 0 Å². The Bertz CT molecular complexity index is 744. The van der Waals surface area contributed by atoms with Crippen LogP contribution in [0.15, 0.2) is 54.9 Å². The van der Waals surface area contributed by atoms with Crippen LogP contribution < -0.4 is 0 Å². The first-order valence-corrected chi connectivity index (χ1v) is 6.10. The molecule has 20 heavy (non-hydrogen) atoms. The quantitative estimate of drug-likeness (QED) is 0.689. The second-order valence-corrected chi connectivity index (χ2v) is 4.56. The van der Waals surface area contributed by atoms with Crippen molar-refractivity contribution in [2.45, 2.75) is 12.7 Å². The van der Waals surface area contributed by atoms with Crippen molar-refractivity contribution in [1.29, 1.82) is 0 Å². The van der Waals surface area contributed by atoms with Gasteiger partial charge in [0.05, 0.1) is 22.9 Å². The summed E-state index contributed by atoms with van der Waals surface area (Å²) in [5, 5.41) is 0. The molecule has 0 saturated heterocycles. The molecule has 0 atom stereocenters. The molecule has 0 fully saturated rings. The number of hydrogen-bond acceptors (Lipinski definition) is 1. The van der Waals surface area contributed by atoms with Crippen LogP contribution in [0, 0.1) is 0 Å². The van der Waals surface area contributed by atoms with Gasteiger partial charge in [0.15, 0.2) is 0 Å². The number of rotatable bonds is 2. The monoisotopic (exact) mass is 276 g/mol. The van der Waals surface area contributed by atoms with E-state index in [2.05, 4.69) is 4.98 Å². The van der Waals surface area contributed by atoms with Crippen LogP contribution in [0.1, 0.15) is 11.1 Å². The highest BCUT2D eigenvalue weighted by Crippen LogP contribution is 2.29. The molecule has 0 radical (unpaired) electrons. The predicted octanol–water partition coefficient (Wildman–Crippen LogP) is 4.10. The van der Waals surface area contributed by atoms with E-state index in [1.165, 1.54) is 12.1 Å². The molecule has 3 rings (SSSR count). The Kier molecular flexibility index (Phi) is 2.97. The number of aromatic nitrogens is 2. The van der Waals surface area contributed by atoms with Crippen molar-refractivity contribution < 1.29 is 13.2 Å². The van der Waals surface area contributed by atoms with Crippen molar-refractivity contribution >= 4 is 11.0 Å². The van der Waals surface area contributed by atoms with Gasteiger partial charge in [-0.25, -0.2) is 4.98 Å². The Labute approximate surface area is 113 Å². The highest BCUT2D eigenvalue weighted by atomic mass is 19.4. The molecule has 0 aliphatic heterocycles. The molecule has 102 valence electrons. The van der Waals surface area contributed by atoms with Crippen molar-refractivity contribution in [3.8, 4) is 0 Å². The van der Waals surface area contributed by atoms with Gasteiger partial charge in [-0.15, -0.1) is 0 Å². The van der Waals surface area contributed by atoms with Gasteiger partial charge in [-0.3, -0.25) is 0 Å². The molecule has 0 N–H and O–H groups in total. The summed E-state index contributed by atoms with van der Waals surface area (Å²) in [7, 11) is 0. The molecule has 0 aliphatic carbocycles. The fourth-order valence-corrected chi connectivity index (χ4v) is 2.18. The molecular weight excluding hydrogens is 265 g/mol. The number of imidazole rings is 1.